The standard InChI is InChI=1S/C14H11BrO3/c15-12-3-1-2-11(8-12)13(16)9-4-6-10(7-5-9)14(17)18/h1-8,13,16H,(H,17,18). The van der Waals surface area contributed by atoms with Crippen molar-refractivity contribution in [3.8, 4) is 0 Å². The predicted molar refractivity (Wildman–Crippen MR) is 71.6 cm³/mol. The number of rotatable bonds is 3. The maximum atomic E-state index is 10.7. The molecule has 0 aliphatic rings. The summed E-state index contributed by atoms with van der Waals surface area (Å²) in [6.07, 6.45) is -0.759. The van der Waals surface area contributed by atoms with E-state index in [0.717, 1.165) is 10.0 Å². The van der Waals surface area contributed by atoms with Crippen LogP contribution in [0.4, 0.5) is 0 Å². The number of benzene rings is 2. The molecule has 2 N–H and O–H groups in total. The lowest BCUT2D eigenvalue weighted by Crippen LogP contribution is -2.01. The molecule has 1 atom stereocenters. The first-order chi connectivity index (χ1) is 8.58. The Bertz CT molecular complexity index is 564. The maximum absolute atomic E-state index is 10.7. The Hall–Kier alpha value is -1.65. The minimum Gasteiger partial charge on any atom is -0.478 e. The molecule has 0 heterocycles. The van der Waals surface area contributed by atoms with Crippen molar-refractivity contribution < 1.29 is 15.0 Å². The highest BCUT2D eigenvalue weighted by atomic mass is 79.9. The largest absolute Gasteiger partial charge is 0.478 e. The zero-order valence-electron chi connectivity index (χ0n) is 9.38. The van der Waals surface area contributed by atoms with Crippen molar-refractivity contribution in [1.29, 1.82) is 0 Å². The van der Waals surface area contributed by atoms with Crippen molar-refractivity contribution in [2.75, 3.05) is 0 Å². The average molecular weight is 307 g/mol. The number of hydrogen-bond donors (Lipinski definition) is 2. The van der Waals surface area contributed by atoms with E-state index in [-0.39, 0.29) is 5.56 Å². The van der Waals surface area contributed by atoms with Gasteiger partial charge in [-0.2, -0.15) is 0 Å². The molecule has 92 valence electrons. The van der Waals surface area contributed by atoms with Crippen molar-refractivity contribution in [3.63, 3.8) is 0 Å². The Morgan fingerprint density at radius 3 is 2.28 bits per heavy atom. The van der Waals surface area contributed by atoms with Gasteiger partial charge in [-0.25, -0.2) is 4.79 Å². The van der Waals surface area contributed by atoms with Crippen LogP contribution < -0.4 is 0 Å². The first kappa shape index (κ1) is 12.8. The summed E-state index contributed by atoms with van der Waals surface area (Å²) in [5.41, 5.74) is 1.63. The fourth-order valence-electron chi connectivity index (χ4n) is 1.68. The van der Waals surface area contributed by atoms with Crippen LogP contribution in [0.2, 0.25) is 0 Å². The zero-order valence-corrected chi connectivity index (χ0v) is 11.0. The van der Waals surface area contributed by atoms with Gasteiger partial charge in [-0.1, -0.05) is 40.2 Å². The molecule has 0 aromatic heterocycles. The number of aliphatic hydroxyl groups is 1. The van der Waals surface area contributed by atoms with Crippen LogP contribution in [-0.4, -0.2) is 16.2 Å². The van der Waals surface area contributed by atoms with E-state index in [1.54, 1.807) is 12.1 Å². The average Bonchev–Trinajstić information content (AvgIpc) is 2.38. The first-order valence-electron chi connectivity index (χ1n) is 5.34. The van der Waals surface area contributed by atoms with E-state index in [2.05, 4.69) is 15.9 Å². The molecular formula is C14H11BrO3. The predicted octanol–water partition coefficient (Wildman–Crippen LogP) is 3.23. The third-order valence-electron chi connectivity index (χ3n) is 2.64. The highest BCUT2D eigenvalue weighted by Crippen LogP contribution is 2.24. The summed E-state index contributed by atoms with van der Waals surface area (Å²) < 4.78 is 0.890. The van der Waals surface area contributed by atoms with Gasteiger partial charge in [0.1, 0.15) is 6.10 Å². The molecule has 0 saturated heterocycles. The molecule has 2 aromatic rings. The van der Waals surface area contributed by atoms with Gasteiger partial charge in [0.2, 0.25) is 0 Å². The van der Waals surface area contributed by atoms with E-state index in [1.165, 1.54) is 12.1 Å². The number of aromatic carboxylic acids is 1. The topological polar surface area (TPSA) is 57.5 Å². The van der Waals surface area contributed by atoms with Crippen molar-refractivity contribution in [2.24, 2.45) is 0 Å². The van der Waals surface area contributed by atoms with Crippen molar-refractivity contribution in [3.05, 3.63) is 69.7 Å². The van der Waals surface area contributed by atoms with Gasteiger partial charge in [-0.05, 0) is 35.4 Å². The summed E-state index contributed by atoms with van der Waals surface area (Å²) in [5, 5.41) is 19.0. The van der Waals surface area contributed by atoms with Gasteiger partial charge in [0.25, 0.3) is 0 Å². The number of carboxylic acids is 1. The van der Waals surface area contributed by atoms with Crippen molar-refractivity contribution >= 4 is 21.9 Å². The summed E-state index contributed by atoms with van der Waals surface area (Å²) >= 11 is 3.34. The quantitative estimate of drug-likeness (QED) is 0.915. The molecule has 2 rings (SSSR count). The van der Waals surface area contributed by atoms with Crippen LogP contribution in [0.1, 0.15) is 27.6 Å². The maximum Gasteiger partial charge on any atom is 0.335 e. The van der Waals surface area contributed by atoms with Crippen LogP contribution in [0.5, 0.6) is 0 Å². The van der Waals surface area contributed by atoms with Crippen LogP contribution in [0.25, 0.3) is 0 Å². The Morgan fingerprint density at radius 1 is 1.06 bits per heavy atom. The van der Waals surface area contributed by atoms with Gasteiger partial charge >= 0.3 is 5.97 Å². The van der Waals surface area contributed by atoms with Gasteiger partial charge in [0, 0.05) is 4.47 Å². The number of hydrogen-bond acceptors (Lipinski definition) is 2. The second kappa shape index (κ2) is 5.33. The van der Waals surface area contributed by atoms with E-state index < -0.39 is 12.1 Å². The lowest BCUT2D eigenvalue weighted by Gasteiger charge is -2.12. The monoisotopic (exact) mass is 306 g/mol. The molecule has 0 spiro atoms. The second-order valence-electron chi connectivity index (χ2n) is 3.88. The van der Waals surface area contributed by atoms with Gasteiger partial charge in [0.15, 0.2) is 0 Å². The normalized spacial score (nSPS) is 12.1. The van der Waals surface area contributed by atoms with Gasteiger partial charge in [-0.15, -0.1) is 0 Å². The molecule has 0 bridgehead atoms. The Morgan fingerprint density at radius 2 is 1.72 bits per heavy atom. The fourth-order valence-corrected chi connectivity index (χ4v) is 2.09. The minimum absolute atomic E-state index is 0.209. The molecule has 0 aliphatic carbocycles. The van der Waals surface area contributed by atoms with E-state index in [0.29, 0.717) is 5.56 Å². The van der Waals surface area contributed by atoms with Crippen LogP contribution >= 0.6 is 15.9 Å². The molecule has 4 heteroatoms. The summed E-state index contributed by atoms with van der Waals surface area (Å²) in [6, 6.07) is 13.6. The van der Waals surface area contributed by atoms with E-state index >= 15 is 0 Å². The Labute approximate surface area is 113 Å². The summed E-state index contributed by atoms with van der Waals surface area (Å²) in [5.74, 6) is -0.974. The van der Waals surface area contributed by atoms with Gasteiger partial charge < -0.3 is 10.2 Å². The zero-order chi connectivity index (χ0) is 13.1. The molecule has 0 aliphatic heterocycles. The second-order valence-corrected chi connectivity index (χ2v) is 4.80. The van der Waals surface area contributed by atoms with Crippen molar-refractivity contribution in [2.45, 2.75) is 6.10 Å². The van der Waals surface area contributed by atoms with Crippen molar-refractivity contribution in [1.82, 2.24) is 0 Å². The molecule has 2 aromatic carbocycles. The minimum atomic E-state index is -0.974. The Balaban J connectivity index is 2.28. The molecular weight excluding hydrogens is 296 g/mol. The highest BCUT2D eigenvalue weighted by Gasteiger charge is 2.11. The molecule has 3 nitrogen and oxygen atoms in total. The smallest absolute Gasteiger partial charge is 0.335 e. The molecule has 0 radical (unpaired) electrons. The number of halogens is 1. The SMILES string of the molecule is O=C(O)c1ccc(C(O)c2cccc(Br)c2)cc1. The third-order valence-corrected chi connectivity index (χ3v) is 3.13. The lowest BCUT2D eigenvalue weighted by molar-refractivity contribution is 0.0696. The molecule has 0 saturated carbocycles. The summed E-state index contributed by atoms with van der Waals surface area (Å²) in [4.78, 5) is 10.7. The number of aliphatic hydroxyl groups excluding tert-OH is 1. The van der Waals surface area contributed by atoms with E-state index in [1.807, 2.05) is 24.3 Å². The van der Waals surface area contributed by atoms with Gasteiger partial charge in [-0.3, -0.25) is 0 Å². The van der Waals surface area contributed by atoms with Crippen LogP contribution in [-0.2, 0) is 0 Å². The molecule has 18 heavy (non-hydrogen) atoms. The first-order valence-corrected chi connectivity index (χ1v) is 6.14. The molecule has 0 fully saturated rings. The third kappa shape index (κ3) is 2.78. The number of carbonyl (C=O) groups is 1. The molecule has 1 unspecified atom stereocenters. The fraction of sp³-hybridized carbons (Fsp3) is 0.0714. The van der Waals surface area contributed by atoms with Gasteiger partial charge in [0.05, 0.1) is 5.56 Å². The molecule has 0 amide bonds. The van der Waals surface area contributed by atoms with Crippen LogP contribution in [0, 0.1) is 0 Å². The van der Waals surface area contributed by atoms with Crippen LogP contribution in [0.15, 0.2) is 53.0 Å². The highest BCUT2D eigenvalue weighted by molar-refractivity contribution is 9.10. The summed E-state index contributed by atoms with van der Waals surface area (Å²) in [6.45, 7) is 0. The van der Waals surface area contributed by atoms with E-state index in [9.17, 15) is 9.90 Å². The van der Waals surface area contributed by atoms with E-state index in [4.69, 9.17) is 5.11 Å². The Kier molecular flexibility index (Phi) is 3.79. The van der Waals surface area contributed by atoms with Crippen LogP contribution in [0.3, 0.4) is 0 Å². The lowest BCUT2D eigenvalue weighted by atomic mass is 10.0. The number of carboxylic acid groups (broad SMARTS) is 1. The summed E-state index contributed by atoms with van der Waals surface area (Å²) in [7, 11) is 0.